The maximum atomic E-state index is 11.9. The molecule has 5 nitrogen and oxygen atoms in total. The van der Waals surface area contributed by atoms with Gasteiger partial charge in [-0.3, -0.25) is 0 Å². The molecule has 0 heterocycles. The Bertz CT molecular complexity index is 697. The minimum Gasteiger partial charge on any atom is -0.355 e. The molecule has 0 fully saturated rings. The number of hydrogen-bond acceptors (Lipinski definition) is 4. The number of rotatable bonds is 6. The van der Waals surface area contributed by atoms with E-state index >= 15 is 0 Å². The topological polar surface area (TPSA) is 84.2 Å². The van der Waals surface area contributed by atoms with Crippen LogP contribution in [0, 0.1) is 0 Å². The molecular formula is C15H19N3O2S. The molecule has 0 aliphatic carbocycles. The standard InChI is InChI=1S/C15H19N3O2S/c1-2-17-21(19,20)14-9-7-13(8-10-14)18-15-6-4-3-5-12(15)11-16/h3-10,17-18H,2,11,16H2,1H3. The van der Waals surface area contributed by atoms with E-state index in [1.54, 1.807) is 31.2 Å². The molecule has 0 amide bonds. The summed E-state index contributed by atoms with van der Waals surface area (Å²) in [6.07, 6.45) is 0. The minimum absolute atomic E-state index is 0.252. The van der Waals surface area contributed by atoms with Gasteiger partial charge in [0.15, 0.2) is 0 Å². The molecule has 0 bridgehead atoms. The van der Waals surface area contributed by atoms with Crippen molar-refractivity contribution in [2.24, 2.45) is 5.73 Å². The molecule has 0 aromatic heterocycles. The SMILES string of the molecule is CCNS(=O)(=O)c1ccc(Nc2ccccc2CN)cc1. The van der Waals surface area contributed by atoms with Gasteiger partial charge in [-0.1, -0.05) is 25.1 Å². The van der Waals surface area contributed by atoms with Crippen molar-refractivity contribution >= 4 is 21.4 Å². The summed E-state index contributed by atoms with van der Waals surface area (Å²) < 4.78 is 26.2. The molecule has 0 aliphatic rings. The molecule has 21 heavy (non-hydrogen) atoms. The van der Waals surface area contributed by atoms with Crippen molar-refractivity contribution in [3.63, 3.8) is 0 Å². The van der Waals surface area contributed by atoms with E-state index in [0.29, 0.717) is 13.1 Å². The molecule has 2 rings (SSSR count). The van der Waals surface area contributed by atoms with Crippen LogP contribution in [0.15, 0.2) is 53.4 Å². The van der Waals surface area contributed by atoms with Gasteiger partial charge in [-0.25, -0.2) is 13.1 Å². The Morgan fingerprint density at radius 1 is 1.05 bits per heavy atom. The molecule has 6 heteroatoms. The minimum atomic E-state index is -3.41. The third-order valence-corrected chi connectivity index (χ3v) is 4.58. The van der Waals surface area contributed by atoms with Gasteiger partial charge < -0.3 is 11.1 Å². The quantitative estimate of drug-likeness (QED) is 0.764. The monoisotopic (exact) mass is 305 g/mol. The van der Waals surface area contributed by atoms with Crippen molar-refractivity contribution in [2.75, 3.05) is 11.9 Å². The lowest BCUT2D eigenvalue weighted by molar-refractivity contribution is 0.584. The second kappa shape index (κ2) is 6.71. The largest absolute Gasteiger partial charge is 0.355 e. The first-order valence-electron chi connectivity index (χ1n) is 6.71. The van der Waals surface area contributed by atoms with E-state index in [1.807, 2.05) is 24.3 Å². The van der Waals surface area contributed by atoms with Crippen LogP contribution in [0.2, 0.25) is 0 Å². The van der Waals surface area contributed by atoms with Gasteiger partial charge in [-0.15, -0.1) is 0 Å². The van der Waals surface area contributed by atoms with Crippen LogP contribution < -0.4 is 15.8 Å². The van der Waals surface area contributed by atoms with Crippen LogP contribution in [0.25, 0.3) is 0 Å². The summed E-state index contributed by atoms with van der Waals surface area (Å²) in [4.78, 5) is 0.252. The second-order valence-corrected chi connectivity index (χ2v) is 6.28. The maximum absolute atomic E-state index is 11.9. The zero-order valence-electron chi connectivity index (χ0n) is 11.8. The Balaban J connectivity index is 2.20. The summed E-state index contributed by atoms with van der Waals surface area (Å²) in [6, 6.07) is 14.4. The van der Waals surface area contributed by atoms with Gasteiger partial charge in [0.2, 0.25) is 10.0 Å². The van der Waals surface area contributed by atoms with Crippen molar-refractivity contribution < 1.29 is 8.42 Å². The molecule has 0 atom stereocenters. The Kier molecular flexibility index (Phi) is 4.95. The smallest absolute Gasteiger partial charge is 0.240 e. The van der Waals surface area contributed by atoms with Gasteiger partial charge in [0.05, 0.1) is 4.90 Å². The van der Waals surface area contributed by atoms with Crippen LogP contribution in [0.4, 0.5) is 11.4 Å². The fraction of sp³-hybridized carbons (Fsp3) is 0.200. The molecule has 112 valence electrons. The highest BCUT2D eigenvalue weighted by molar-refractivity contribution is 7.89. The van der Waals surface area contributed by atoms with Gasteiger partial charge in [0.25, 0.3) is 0 Å². The fourth-order valence-corrected chi connectivity index (χ4v) is 3.01. The molecule has 2 aromatic carbocycles. The van der Waals surface area contributed by atoms with Gasteiger partial charge in [-0.2, -0.15) is 0 Å². The lowest BCUT2D eigenvalue weighted by atomic mass is 10.1. The highest BCUT2D eigenvalue weighted by atomic mass is 32.2. The summed E-state index contributed by atoms with van der Waals surface area (Å²) in [6.45, 7) is 2.56. The summed E-state index contributed by atoms with van der Waals surface area (Å²) in [5.41, 5.74) is 8.42. The van der Waals surface area contributed by atoms with E-state index in [2.05, 4.69) is 10.0 Å². The van der Waals surface area contributed by atoms with Gasteiger partial charge in [-0.05, 0) is 35.9 Å². The lowest BCUT2D eigenvalue weighted by Gasteiger charge is -2.11. The third-order valence-electron chi connectivity index (χ3n) is 3.02. The van der Waals surface area contributed by atoms with E-state index < -0.39 is 10.0 Å². The summed E-state index contributed by atoms with van der Waals surface area (Å²) in [5.74, 6) is 0. The Labute approximate surface area is 125 Å². The van der Waals surface area contributed by atoms with Crippen LogP contribution in [-0.2, 0) is 16.6 Å². The molecule has 4 N–H and O–H groups in total. The first kappa shape index (κ1) is 15.5. The summed E-state index contributed by atoms with van der Waals surface area (Å²) in [7, 11) is -3.41. The third kappa shape index (κ3) is 3.81. The number of sulfonamides is 1. The van der Waals surface area contributed by atoms with E-state index in [9.17, 15) is 8.42 Å². The van der Waals surface area contributed by atoms with Crippen LogP contribution in [0.1, 0.15) is 12.5 Å². The predicted molar refractivity (Wildman–Crippen MR) is 84.9 cm³/mol. The van der Waals surface area contributed by atoms with Crippen LogP contribution in [0.5, 0.6) is 0 Å². The first-order chi connectivity index (χ1) is 10.1. The molecule has 2 aromatic rings. The van der Waals surface area contributed by atoms with Crippen molar-refractivity contribution in [1.82, 2.24) is 4.72 Å². The predicted octanol–water partition coefficient (Wildman–Crippen LogP) is 2.19. The molecule has 0 saturated heterocycles. The summed E-state index contributed by atoms with van der Waals surface area (Å²) in [5, 5.41) is 3.24. The summed E-state index contributed by atoms with van der Waals surface area (Å²) >= 11 is 0. The molecular weight excluding hydrogens is 286 g/mol. The average Bonchev–Trinajstić information content (AvgIpc) is 2.48. The van der Waals surface area contributed by atoms with Crippen LogP contribution in [0.3, 0.4) is 0 Å². The van der Waals surface area contributed by atoms with Crippen molar-refractivity contribution in [3.8, 4) is 0 Å². The van der Waals surface area contributed by atoms with Crippen molar-refractivity contribution in [3.05, 3.63) is 54.1 Å². The number of nitrogens with one attached hydrogen (secondary N) is 2. The van der Waals surface area contributed by atoms with Crippen molar-refractivity contribution in [2.45, 2.75) is 18.4 Å². The normalized spacial score (nSPS) is 11.3. The van der Waals surface area contributed by atoms with Gasteiger partial charge in [0.1, 0.15) is 0 Å². The second-order valence-electron chi connectivity index (χ2n) is 4.51. The zero-order chi connectivity index (χ0) is 15.3. The van der Waals surface area contributed by atoms with Gasteiger partial charge >= 0.3 is 0 Å². The highest BCUT2D eigenvalue weighted by Gasteiger charge is 2.11. The maximum Gasteiger partial charge on any atom is 0.240 e. The van der Waals surface area contributed by atoms with E-state index in [4.69, 9.17) is 5.73 Å². The van der Waals surface area contributed by atoms with E-state index in [1.165, 1.54) is 0 Å². The number of anilines is 2. The zero-order valence-corrected chi connectivity index (χ0v) is 12.7. The fourth-order valence-electron chi connectivity index (χ4n) is 1.97. The number of nitrogens with two attached hydrogens (primary N) is 1. The first-order valence-corrected chi connectivity index (χ1v) is 8.20. The molecule has 0 unspecified atom stereocenters. The average molecular weight is 305 g/mol. The lowest BCUT2D eigenvalue weighted by Crippen LogP contribution is -2.22. The van der Waals surface area contributed by atoms with E-state index in [0.717, 1.165) is 16.9 Å². The van der Waals surface area contributed by atoms with Crippen molar-refractivity contribution in [1.29, 1.82) is 0 Å². The number of hydrogen-bond donors (Lipinski definition) is 3. The molecule has 0 aliphatic heterocycles. The molecule has 0 saturated carbocycles. The van der Waals surface area contributed by atoms with E-state index in [-0.39, 0.29) is 4.90 Å². The Morgan fingerprint density at radius 2 is 1.71 bits per heavy atom. The van der Waals surface area contributed by atoms with Gasteiger partial charge in [0, 0.05) is 24.5 Å². The Morgan fingerprint density at radius 3 is 2.33 bits per heavy atom. The van der Waals surface area contributed by atoms with Crippen LogP contribution in [-0.4, -0.2) is 15.0 Å². The van der Waals surface area contributed by atoms with Crippen LogP contribution >= 0.6 is 0 Å². The molecule has 0 spiro atoms. The number of para-hydroxylation sites is 1. The highest BCUT2D eigenvalue weighted by Crippen LogP contribution is 2.21. The Hall–Kier alpha value is -1.89. The molecule has 0 radical (unpaired) electrons. The number of benzene rings is 2.